The minimum Gasteiger partial charge on any atom is -0.269 e. The second-order valence-corrected chi connectivity index (χ2v) is 6.51. The van der Waals surface area contributed by atoms with Crippen LogP contribution >= 0.6 is 23.2 Å². The number of rotatable bonds is 1. The minimum atomic E-state index is -0.277. The molecule has 0 unspecified atom stereocenters. The number of halogens is 2. The summed E-state index contributed by atoms with van der Waals surface area (Å²) in [5.41, 5.74) is 2.04. The first-order valence-electron chi connectivity index (χ1n) is 7.43. The molecule has 23 heavy (non-hydrogen) atoms. The number of carbonyl (C=O) groups is 2. The molecule has 6 heteroatoms. The Morgan fingerprint density at radius 2 is 1.65 bits per heavy atom. The van der Waals surface area contributed by atoms with Crippen molar-refractivity contribution in [2.24, 2.45) is 0 Å². The van der Waals surface area contributed by atoms with Crippen molar-refractivity contribution >= 4 is 51.6 Å². The highest BCUT2D eigenvalue weighted by molar-refractivity contribution is 6.44. The first-order chi connectivity index (χ1) is 11.1. The van der Waals surface area contributed by atoms with Crippen LogP contribution in [0, 0.1) is 0 Å². The Bertz CT molecular complexity index is 877. The van der Waals surface area contributed by atoms with Gasteiger partial charge in [0, 0.05) is 22.7 Å². The van der Waals surface area contributed by atoms with E-state index in [4.69, 9.17) is 23.2 Å². The zero-order chi connectivity index (χ0) is 16.1. The summed E-state index contributed by atoms with van der Waals surface area (Å²) in [6, 6.07) is 5.10. The molecule has 1 aromatic carbocycles. The molecular formula is C17H12Cl2N2O2. The number of fused-ring (bicyclic) bond motifs is 1. The SMILES string of the molecule is O=C1C2=C(CCCC2)C(=O)N1c1c(Cl)cc(Cl)c2cccnc12. The van der Waals surface area contributed by atoms with Gasteiger partial charge in [-0.1, -0.05) is 23.2 Å². The Morgan fingerprint density at radius 3 is 2.30 bits per heavy atom. The molecule has 0 bridgehead atoms. The normalized spacial score (nSPS) is 18.1. The second kappa shape index (κ2) is 5.32. The Morgan fingerprint density at radius 1 is 1.00 bits per heavy atom. The molecule has 2 aliphatic rings. The Labute approximate surface area is 142 Å². The van der Waals surface area contributed by atoms with Crippen LogP contribution in [0.25, 0.3) is 10.9 Å². The standard InChI is InChI=1S/C17H12Cl2N2O2/c18-12-8-13(19)15(14-11(12)6-3-7-20-14)21-16(22)9-4-1-2-5-10(9)17(21)23/h3,6-8H,1-2,4-5H2. The van der Waals surface area contributed by atoms with Crippen LogP contribution in [0.4, 0.5) is 5.69 Å². The van der Waals surface area contributed by atoms with E-state index in [1.807, 2.05) is 0 Å². The number of benzene rings is 1. The van der Waals surface area contributed by atoms with Gasteiger partial charge in [0.15, 0.2) is 0 Å². The number of pyridine rings is 1. The van der Waals surface area contributed by atoms with Gasteiger partial charge in [0.1, 0.15) is 0 Å². The summed E-state index contributed by atoms with van der Waals surface area (Å²) < 4.78 is 0. The maximum atomic E-state index is 12.8. The quantitative estimate of drug-likeness (QED) is 0.724. The third-order valence-electron chi connectivity index (χ3n) is 4.38. The molecule has 116 valence electrons. The molecule has 4 nitrogen and oxygen atoms in total. The summed E-state index contributed by atoms with van der Waals surface area (Å²) in [5, 5.41) is 1.36. The lowest BCUT2D eigenvalue weighted by Crippen LogP contribution is -2.32. The molecule has 2 aromatic rings. The molecule has 1 aliphatic heterocycles. The van der Waals surface area contributed by atoms with Crippen molar-refractivity contribution in [1.29, 1.82) is 0 Å². The van der Waals surface area contributed by atoms with E-state index in [2.05, 4.69) is 4.98 Å². The van der Waals surface area contributed by atoms with Gasteiger partial charge < -0.3 is 0 Å². The predicted octanol–water partition coefficient (Wildman–Crippen LogP) is 4.29. The first kappa shape index (κ1) is 14.7. The van der Waals surface area contributed by atoms with E-state index in [0.717, 1.165) is 12.8 Å². The molecule has 0 radical (unpaired) electrons. The smallest absolute Gasteiger partial charge is 0.261 e. The van der Waals surface area contributed by atoms with E-state index in [1.54, 1.807) is 24.4 Å². The van der Waals surface area contributed by atoms with Crippen LogP contribution in [0.1, 0.15) is 25.7 Å². The highest BCUT2D eigenvalue weighted by Crippen LogP contribution is 2.42. The van der Waals surface area contributed by atoms with E-state index in [9.17, 15) is 9.59 Å². The molecule has 0 saturated carbocycles. The maximum absolute atomic E-state index is 12.8. The summed E-state index contributed by atoms with van der Waals surface area (Å²) in [5.74, 6) is -0.554. The van der Waals surface area contributed by atoms with Crippen LogP contribution in [-0.2, 0) is 9.59 Å². The van der Waals surface area contributed by atoms with Crippen molar-refractivity contribution in [3.05, 3.63) is 45.6 Å². The summed E-state index contributed by atoms with van der Waals surface area (Å²) in [6.07, 6.45) is 4.74. The van der Waals surface area contributed by atoms with Gasteiger partial charge in [-0.15, -0.1) is 0 Å². The first-order valence-corrected chi connectivity index (χ1v) is 8.18. The molecule has 4 rings (SSSR count). The minimum absolute atomic E-state index is 0.253. The topological polar surface area (TPSA) is 50.3 Å². The number of anilines is 1. The lowest BCUT2D eigenvalue weighted by molar-refractivity contribution is -0.120. The van der Waals surface area contributed by atoms with Crippen LogP contribution in [0.15, 0.2) is 35.5 Å². The molecule has 2 amide bonds. The largest absolute Gasteiger partial charge is 0.269 e. The Balaban J connectivity index is 1.94. The van der Waals surface area contributed by atoms with Gasteiger partial charge in [-0.2, -0.15) is 0 Å². The van der Waals surface area contributed by atoms with Gasteiger partial charge in [-0.3, -0.25) is 14.6 Å². The number of carbonyl (C=O) groups excluding carboxylic acids is 2. The highest BCUT2D eigenvalue weighted by Gasteiger charge is 2.41. The van der Waals surface area contributed by atoms with E-state index < -0.39 is 0 Å². The fourth-order valence-electron chi connectivity index (χ4n) is 3.31. The molecule has 2 heterocycles. The zero-order valence-electron chi connectivity index (χ0n) is 12.1. The van der Waals surface area contributed by atoms with E-state index in [-0.39, 0.29) is 16.8 Å². The van der Waals surface area contributed by atoms with Crippen molar-refractivity contribution in [2.75, 3.05) is 4.90 Å². The molecule has 1 aromatic heterocycles. The van der Waals surface area contributed by atoms with Gasteiger partial charge in [0.05, 0.1) is 21.2 Å². The number of amides is 2. The zero-order valence-corrected chi connectivity index (χ0v) is 13.6. The number of hydrogen-bond donors (Lipinski definition) is 0. The molecule has 0 spiro atoms. The molecular weight excluding hydrogens is 335 g/mol. The number of nitrogens with zero attached hydrogens (tertiary/aromatic N) is 2. The van der Waals surface area contributed by atoms with E-state index in [0.29, 0.717) is 45.6 Å². The summed E-state index contributed by atoms with van der Waals surface area (Å²) in [4.78, 5) is 31.0. The second-order valence-electron chi connectivity index (χ2n) is 5.70. The van der Waals surface area contributed by atoms with Gasteiger partial charge in [-0.25, -0.2) is 4.90 Å². The summed E-state index contributed by atoms with van der Waals surface area (Å²) in [7, 11) is 0. The van der Waals surface area contributed by atoms with Gasteiger partial charge in [0.25, 0.3) is 11.8 Å². The summed E-state index contributed by atoms with van der Waals surface area (Å²) >= 11 is 12.5. The number of imide groups is 1. The molecule has 0 N–H and O–H groups in total. The lowest BCUT2D eigenvalue weighted by atomic mass is 9.93. The monoisotopic (exact) mass is 346 g/mol. The van der Waals surface area contributed by atoms with E-state index >= 15 is 0 Å². The Hall–Kier alpha value is -1.91. The average molecular weight is 347 g/mol. The van der Waals surface area contributed by atoms with Crippen LogP contribution in [0.2, 0.25) is 10.0 Å². The van der Waals surface area contributed by atoms with Crippen molar-refractivity contribution in [2.45, 2.75) is 25.7 Å². The van der Waals surface area contributed by atoms with Gasteiger partial charge >= 0.3 is 0 Å². The third kappa shape index (κ3) is 2.09. The number of aromatic nitrogens is 1. The van der Waals surface area contributed by atoms with Crippen LogP contribution in [0.3, 0.4) is 0 Å². The van der Waals surface area contributed by atoms with Crippen LogP contribution in [0.5, 0.6) is 0 Å². The Kier molecular flexibility index (Phi) is 3.39. The lowest BCUT2D eigenvalue weighted by Gasteiger charge is -2.19. The molecule has 0 saturated heterocycles. The number of hydrogen-bond acceptors (Lipinski definition) is 3. The third-order valence-corrected chi connectivity index (χ3v) is 4.98. The van der Waals surface area contributed by atoms with Crippen molar-refractivity contribution in [3.8, 4) is 0 Å². The highest BCUT2D eigenvalue weighted by atomic mass is 35.5. The van der Waals surface area contributed by atoms with Gasteiger partial charge in [-0.05, 0) is 43.9 Å². The van der Waals surface area contributed by atoms with Crippen LogP contribution < -0.4 is 4.90 Å². The van der Waals surface area contributed by atoms with Crippen molar-refractivity contribution < 1.29 is 9.59 Å². The summed E-state index contributed by atoms with van der Waals surface area (Å²) in [6.45, 7) is 0. The fraction of sp³-hybridized carbons (Fsp3) is 0.235. The van der Waals surface area contributed by atoms with Gasteiger partial charge in [0.2, 0.25) is 0 Å². The maximum Gasteiger partial charge on any atom is 0.261 e. The molecule has 0 fully saturated rings. The van der Waals surface area contributed by atoms with Crippen LogP contribution in [-0.4, -0.2) is 16.8 Å². The molecule has 0 atom stereocenters. The fourth-order valence-corrected chi connectivity index (χ4v) is 3.91. The molecule has 1 aliphatic carbocycles. The predicted molar refractivity (Wildman–Crippen MR) is 89.8 cm³/mol. The van der Waals surface area contributed by atoms with E-state index in [1.165, 1.54) is 4.90 Å². The average Bonchev–Trinajstić information content (AvgIpc) is 2.81. The van der Waals surface area contributed by atoms with Crippen molar-refractivity contribution in [3.63, 3.8) is 0 Å². The van der Waals surface area contributed by atoms with Crippen molar-refractivity contribution in [1.82, 2.24) is 4.98 Å².